The molecule has 1 amide bonds. The molecule has 0 saturated heterocycles. The Morgan fingerprint density at radius 3 is 2.50 bits per heavy atom. The van der Waals surface area contributed by atoms with Crippen molar-refractivity contribution in [2.45, 2.75) is 50.7 Å². The molecule has 0 aromatic heterocycles. The number of rotatable bonds is 4. The third-order valence-electron chi connectivity index (χ3n) is 3.73. The topological polar surface area (TPSA) is 102 Å². The minimum absolute atomic E-state index is 0.530. The molecular formula is C16H22N2O4. The molecule has 1 fully saturated rings. The van der Waals surface area contributed by atoms with E-state index in [4.69, 9.17) is 15.6 Å². The SMILES string of the molecule is CC(C)(C)OC(=O)Nc1cccc(C2(C(N)C(=O)O)CC2)c1. The second kappa shape index (κ2) is 5.61. The van der Waals surface area contributed by atoms with Crippen LogP contribution >= 0.6 is 0 Å². The molecule has 1 atom stereocenters. The van der Waals surface area contributed by atoms with E-state index in [1.54, 1.807) is 39.0 Å². The predicted molar refractivity (Wildman–Crippen MR) is 82.8 cm³/mol. The quantitative estimate of drug-likeness (QED) is 0.793. The van der Waals surface area contributed by atoms with Crippen LogP contribution in [0.25, 0.3) is 0 Å². The van der Waals surface area contributed by atoms with Gasteiger partial charge < -0.3 is 15.6 Å². The lowest BCUT2D eigenvalue weighted by molar-refractivity contribution is -0.139. The molecule has 4 N–H and O–H groups in total. The van der Waals surface area contributed by atoms with Gasteiger partial charge in [0, 0.05) is 11.1 Å². The number of carboxylic acid groups (broad SMARTS) is 1. The van der Waals surface area contributed by atoms with Crippen LogP contribution < -0.4 is 11.1 Å². The number of hydrogen-bond acceptors (Lipinski definition) is 4. The number of carbonyl (C=O) groups is 2. The van der Waals surface area contributed by atoms with E-state index in [1.165, 1.54) is 0 Å². The second-order valence-electron chi connectivity index (χ2n) is 6.68. The zero-order valence-electron chi connectivity index (χ0n) is 13.1. The number of nitrogens with one attached hydrogen (secondary N) is 1. The van der Waals surface area contributed by atoms with E-state index in [0.29, 0.717) is 5.69 Å². The summed E-state index contributed by atoms with van der Waals surface area (Å²) >= 11 is 0. The normalized spacial score (nSPS) is 17.5. The van der Waals surface area contributed by atoms with Crippen LogP contribution in [0.2, 0.25) is 0 Å². The Morgan fingerprint density at radius 2 is 2.00 bits per heavy atom. The zero-order valence-corrected chi connectivity index (χ0v) is 13.1. The fraction of sp³-hybridized carbons (Fsp3) is 0.500. The van der Waals surface area contributed by atoms with Gasteiger partial charge in [-0.15, -0.1) is 0 Å². The van der Waals surface area contributed by atoms with Gasteiger partial charge in [0.2, 0.25) is 0 Å². The fourth-order valence-corrected chi connectivity index (χ4v) is 2.48. The molecule has 1 aliphatic rings. The highest BCUT2D eigenvalue weighted by atomic mass is 16.6. The van der Waals surface area contributed by atoms with Crippen LogP contribution in [0.3, 0.4) is 0 Å². The molecule has 22 heavy (non-hydrogen) atoms. The highest BCUT2D eigenvalue weighted by Gasteiger charge is 2.52. The number of carboxylic acids is 1. The van der Waals surface area contributed by atoms with E-state index in [1.807, 2.05) is 6.07 Å². The smallest absolute Gasteiger partial charge is 0.412 e. The molecule has 1 aromatic carbocycles. The van der Waals surface area contributed by atoms with Gasteiger partial charge in [-0.3, -0.25) is 10.1 Å². The molecule has 6 heteroatoms. The Balaban J connectivity index is 2.14. The van der Waals surface area contributed by atoms with Gasteiger partial charge in [0.1, 0.15) is 11.6 Å². The zero-order chi connectivity index (χ0) is 16.5. The summed E-state index contributed by atoms with van der Waals surface area (Å²) in [5, 5.41) is 11.8. The number of aliphatic carboxylic acids is 1. The highest BCUT2D eigenvalue weighted by molar-refractivity contribution is 5.85. The van der Waals surface area contributed by atoms with Crippen LogP contribution in [0.4, 0.5) is 10.5 Å². The van der Waals surface area contributed by atoms with Crippen molar-refractivity contribution in [1.82, 2.24) is 0 Å². The van der Waals surface area contributed by atoms with E-state index < -0.39 is 29.1 Å². The van der Waals surface area contributed by atoms with Crippen LogP contribution in [-0.2, 0) is 14.9 Å². The van der Waals surface area contributed by atoms with Crippen molar-refractivity contribution in [2.24, 2.45) is 5.73 Å². The molecule has 6 nitrogen and oxygen atoms in total. The fourth-order valence-electron chi connectivity index (χ4n) is 2.48. The Bertz CT molecular complexity index is 588. The van der Waals surface area contributed by atoms with Crippen LogP contribution in [0.15, 0.2) is 24.3 Å². The summed E-state index contributed by atoms with van der Waals surface area (Å²) in [6, 6.07) is 6.17. The van der Waals surface area contributed by atoms with E-state index in [0.717, 1.165) is 18.4 Å². The molecule has 1 aliphatic carbocycles. The summed E-state index contributed by atoms with van der Waals surface area (Å²) in [5.74, 6) is -1.01. The molecule has 0 heterocycles. The first-order valence-electron chi connectivity index (χ1n) is 7.23. The summed E-state index contributed by atoms with van der Waals surface area (Å²) in [5.41, 5.74) is 6.10. The summed E-state index contributed by atoms with van der Waals surface area (Å²) in [6.45, 7) is 5.36. The Hall–Kier alpha value is -2.08. The van der Waals surface area contributed by atoms with Gasteiger partial charge in [0.15, 0.2) is 0 Å². The van der Waals surface area contributed by atoms with Crippen LogP contribution in [0.1, 0.15) is 39.2 Å². The third-order valence-corrected chi connectivity index (χ3v) is 3.73. The molecule has 120 valence electrons. The van der Waals surface area contributed by atoms with E-state index in [-0.39, 0.29) is 0 Å². The van der Waals surface area contributed by atoms with Crippen molar-refractivity contribution >= 4 is 17.7 Å². The Labute approximate surface area is 129 Å². The van der Waals surface area contributed by atoms with Crippen molar-refractivity contribution < 1.29 is 19.4 Å². The molecule has 1 unspecified atom stereocenters. The number of carbonyl (C=O) groups excluding carboxylic acids is 1. The standard InChI is InChI=1S/C16H22N2O4/c1-15(2,3)22-14(21)18-11-6-4-5-10(9-11)16(7-8-16)12(17)13(19)20/h4-6,9,12H,7-8,17H2,1-3H3,(H,18,21)(H,19,20). The molecule has 2 rings (SSSR count). The van der Waals surface area contributed by atoms with Crippen molar-refractivity contribution in [3.8, 4) is 0 Å². The minimum Gasteiger partial charge on any atom is -0.480 e. The lowest BCUT2D eigenvalue weighted by Crippen LogP contribution is -2.42. The minimum atomic E-state index is -1.01. The summed E-state index contributed by atoms with van der Waals surface area (Å²) in [6.07, 6.45) is 0.921. The van der Waals surface area contributed by atoms with Gasteiger partial charge in [0.25, 0.3) is 0 Å². The average molecular weight is 306 g/mol. The molecular weight excluding hydrogens is 284 g/mol. The molecule has 0 aliphatic heterocycles. The first-order valence-corrected chi connectivity index (χ1v) is 7.23. The molecule has 0 bridgehead atoms. The summed E-state index contributed by atoms with van der Waals surface area (Å²) in [7, 11) is 0. The largest absolute Gasteiger partial charge is 0.480 e. The second-order valence-corrected chi connectivity index (χ2v) is 6.68. The molecule has 0 spiro atoms. The lowest BCUT2D eigenvalue weighted by Gasteiger charge is -2.22. The maximum Gasteiger partial charge on any atom is 0.412 e. The van der Waals surface area contributed by atoms with Crippen LogP contribution in [0, 0.1) is 0 Å². The van der Waals surface area contributed by atoms with Crippen LogP contribution in [0.5, 0.6) is 0 Å². The Kier molecular flexibility index (Phi) is 4.15. The maximum absolute atomic E-state index is 11.8. The number of anilines is 1. The summed E-state index contributed by atoms with van der Waals surface area (Å²) in [4.78, 5) is 23.0. The molecule has 1 saturated carbocycles. The van der Waals surface area contributed by atoms with Crippen molar-refractivity contribution in [3.63, 3.8) is 0 Å². The first kappa shape index (κ1) is 16.3. The number of nitrogens with two attached hydrogens (primary N) is 1. The lowest BCUT2D eigenvalue weighted by atomic mass is 9.88. The molecule has 1 aromatic rings. The van der Waals surface area contributed by atoms with Crippen LogP contribution in [-0.4, -0.2) is 28.8 Å². The van der Waals surface area contributed by atoms with Gasteiger partial charge in [-0.1, -0.05) is 12.1 Å². The number of amides is 1. The van der Waals surface area contributed by atoms with Gasteiger partial charge in [0.05, 0.1) is 0 Å². The molecule has 0 radical (unpaired) electrons. The van der Waals surface area contributed by atoms with Gasteiger partial charge in [-0.2, -0.15) is 0 Å². The number of ether oxygens (including phenoxy) is 1. The average Bonchev–Trinajstić information content (AvgIpc) is 3.17. The van der Waals surface area contributed by atoms with Gasteiger partial charge in [-0.25, -0.2) is 4.79 Å². The predicted octanol–water partition coefficient (Wildman–Crippen LogP) is 2.48. The number of benzene rings is 1. The Morgan fingerprint density at radius 1 is 1.36 bits per heavy atom. The van der Waals surface area contributed by atoms with E-state index >= 15 is 0 Å². The highest BCUT2D eigenvalue weighted by Crippen LogP contribution is 2.50. The first-order chi connectivity index (χ1) is 10.1. The van der Waals surface area contributed by atoms with Crippen molar-refractivity contribution in [3.05, 3.63) is 29.8 Å². The van der Waals surface area contributed by atoms with E-state index in [9.17, 15) is 9.59 Å². The van der Waals surface area contributed by atoms with Crippen molar-refractivity contribution in [1.29, 1.82) is 0 Å². The van der Waals surface area contributed by atoms with Gasteiger partial charge in [-0.05, 0) is 51.3 Å². The van der Waals surface area contributed by atoms with Gasteiger partial charge >= 0.3 is 12.1 Å². The third kappa shape index (κ3) is 3.57. The maximum atomic E-state index is 11.8. The monoisotopic (exact) mass is 306 g/mol. The summed E-state index contributed by atoms with van der Waals surface area (Å²) < 4.78 is 5.20. The van der Waals surface area contributed by atoms with E-state index in [2.05, 4.69) is 5.32 Å². The van der Waals surface area contributed by atoms with Crippen molar-refractivity contribution in [2.75, 3.05) is 5.32 Å². The number of hydrogen-bond donors (Lipinski definition) is 3.